The van der Waals surface area contributed by atoms with Crippen LogP contribution in [0.4, 0.5) is 0 Å². The second-order valence-electron chi connectivity index (χ2n) is 3.91. The van der Waals surface area contributed by atoms with Crippen LogP contribution in [0, 0.1) is 28.1 Å². The Labute approximate surface area is 95.5 Å². The highest BCUT2D eigenvalue weighted by Gasteiger charge is 2.39. The monoisotopic (exact) mass is 224 g/mol. The van der Waals surface area contributed by atoms with Crippen LogP contribution in [0.3, 0.4) is 0 Å². The van der Waals surface area contributed by atoms with Crippen LogP contribution >= 0.6 is 0 Å². The number of hydrogen-bond acceptors (Lipinski definition) is 5. The highest BCUT2D eigenvalue weighted by molar-refractivity contribution is 4.86. The first-order chi connectivity index (χ1) is 7.83. The van der Waals surface area contributed by atoms with E-state index in [2.05, 4.69) is 0 Å². The van der Waals surface area contributed by atoms with Crippen molar-refractivity contribution in [1.29, 1.82) is 10.5 Å². The van der Waals surface area contributed by atoms with Gasteiger partial charge in [0.1, 0.15) is 0 Å². The Bertz CT molecular complexity index is 252. The van der Waals surface area contributed by atoms with Gasteiger partial charge in [-0.05, 0) is 0 Å². The summed E-state index contributed by atoms with van der Waals surface area (Å²) in [5.74, 6) is 0. The number of nitriles is 2. The van der Waals surface area contributed by atoms with Gasteiger partial charge in [0.05, 0.1) is 70.0 Å². The van der Waals surface area contributed by atoms with Gasteiger partial charge in [-0.15, -0.1) is 0 Å². The molecule has 16 heavy (non-hydrogen) atoms. The molecule has 0 saturated carbocycles. The lowest BCUT2D eigenvalue weighted by molar-refractivity contribution is -0.177. The maximum absolute atomic E-state index is 8.36. The first-order valence-electron chi connectivity index (χ1n) is 5.30. The third-order valence-corrected chi connectivity index (χ3v) is 2.35. The molecule has 0 bridgehead atoms. The van der Waals surface area contributed by atoms with Gasteiger partial charge >= 0.3 is 0 Å². The zero-order valence-corrected chi connectivity index (χ0v) is 9.28. The molecule has 0 aromatic heterocycles. The van der Waals surface area contributed by atoms with Crippen molar-refractivity contribution in [2.45, 2.75) is 12.8 Å². The van der Waals surface area contributed by atoms with Crippen molar-refractivity contribution in [1.82, 2.24) is 0 Å². The molecule has 1 aliphatic heterocycles. The van der Waals surface area contributed by atoms with Crippen molar-refractivity contribution in [3.63, 3.8) is 0 Å². The van der Waals surface area contributed by atoms with E-state index in [0.717, 1.165) is 0 Å². The average Bonchev–Trinajstić information content (AvgIpc) is 2.25. The lowest BCUT2D eigenvalue weighted by Gasteiger charge is -2.40. The molecular formula is C11H16N2O3. The summed E-state index contributed by atoms with van der Waals surface area (Å²) < 4.78 is 15.9. The Balaban J connectivity index is 2.13. The van der Waals surface area contributed by atoms with Crippen LogP contribution in [-0.2, 0) is 14.2 Å². The van der Waals surface area contributed by atoms with Gasteiger partial charge in [0.25, 0.3) is 0 Å². The zero-order valence-electron chi connectivity index (χ0n) is 9.28. The average molecular weight is 224 g/mol. The molecule has 5 heteroatoms. The maximum atomic E-state index is 8.36. The van der Waals surface area contributed by atoms with E-state index in [-0.39, 0.29) is 5.41 Å². The van der Waals surface area contributed by atoms with Crippen molar-refractivity contribution in [3.05, 3.63) is 0 Å². The molecule has 0 aliphatic carbocycles. The van der Waals surface area contributed by atoms with Crippen LogP contribution in [0.2, 0.25) is 0 Å². The van der Waals surface area contributed by atoms with E-state index in [1.54, 1.807) is 0 Å². The molecule has 0 atom stereocenters. The van der Waals surface area contributed by atoms with Crippen molar-refractivity contribution in [2.24, 2.45) is 5.41 Å². The fourth-order valence-electron chi connectivity index (χ4n) is 1.41. The summed E-state index contributed by atoms with van der Waals surface area (Å²) in [4.78, 5) is 0. The fourth-order valence-corrected chi connectivity index (χ4v) is 1.41. The van der Waals surface area contributed by atoms with Crippen molar-refractivity contribution in [2.75, 3.05) is 39.6 Å². The fraction of sp³-hybridized carbons (Fsp3) is 0.818. The van der Waals surface area contributed by atoms with Crippen LogP contribution in [-0.4, -0.2) is 39.6 Å². The van der Waals surface area contributed by atoms with Gasteiger partial charge in [-0.25, -0.2) is 0 Å². The molecule has 0 unspecified atom stereocenters. The third-order valence-electron chi connectivity index (χ3n) is 2.35. The summed E-state index contributed by atoms with van der Waals surface area (Å²) in [6.45, 7) is 3.29. The predicted octanol–water partition coefficient (Wildman–Crippen LogP) is 0.864. The lowest BCUT2D eigenvalue weighted by Crippen LogP contribution is -2.49. The normalized spacial score (nSPS) is 17.1. The van der Waals surface area contributed by atoms with Crippen LogP contribution in [0.25, 0.3) is 0 Å². The molecular weight excluding hydrogens is 208 g/mol. The van der Waals surface area contributed by atoms with Crippen LogP contribution in [0.1, 0.15) is 12.8 Å². The summed E-state index contributed by atoms with van der Waals surface area (Å²) in [6.07, 6.45) is 0.818. The summed E-state index contributed by atoms with van der Waals surface area (Å²) in [6, 6.07) is 4.05. The highest BCUT2D eigenvalue weighted by atomic mass is 16.5. The Morgan fingerprint density at radius 1 is 1.00 bits per heavy atom. The molecule has 1 saturated heterocycles. The summed E-state index contributed by atoms with van der Waals surface area (Å²) in [7, 11) is 0. The molecule has 5 nitrogen and oxygen atoms in total. The summed E-state index contributed by atoms with van der Waals surface area (Å²) in [5.41, 5.74) is -0.0646. The summed E-state index contributed by atoms with van der Waals surface area (Å²) >= 11 is 0. The van der Waals surface area contributed by atoms with Crippen molar-refractivity contribution >= 4 is 0 Å². The smallest absolute Gasteiger partial charge is 0.0645 e. The Hall–Kier alpha value is -1.14. The standard InChI is InChI=1S/C11H16N2O3/c12-3-1-5-14-7-11(9-16-10-11)8-15-6-2-4-13/h1-2,5-10H2. The minimum atomic E-state index is -0.0646. The highest BCUT2D eigenvalue weighted by Crippen LogP contribution is 2.28. The van der Waals surface area contributed by atoms with Gasteiger partial charge in [-0.1, -0.05) is 0 Å². The van der Waals surface area contributed by atoms with Gasteiger partial charge in [0, 0.05) is 0 Å². The molecule has 1 heterocycles. The van der Waals surface area contributed by atoms with Crippen LogP contribution < -0.4 is 0 Å². The second kappa shape index (κ2) is 7.19. The predicted molar refractivity (Wildman–Crippen MR) is 55.4 cm³/mol. The van der Waals surface area contributed by atoms with Crippen LogP contribution in [0.5, 0.6) is 0 Å². The number of rotatable bonds is 8. The van der Waals surface area contributed by atoms with Gasteiger partial charge < -0.3 is 14.2 Å². The Kier molecular flexibility index (Phi) is 5.81. The molecule has 1 aliphatic rings. The first-order valence-corrected chi connectivity index (χ1v) is 5.30. The van der Waals surface area contributed by atoms with E-state index in [1.165, 1.54) is 0 Å². The second-order valence-corrected chi connectivity index (χ2v) is 3.91. The first kappa shape index (κ1) is 12.9. The number of ether oxygens (including phenoxy) is 3. The zero-order chi connectivity index (χ0) is 11.7. The molecule has 0 N–H and O–H groups in total. The molecule has 88 valence electrons. The molecule has 1 rings (SSSR count). The molecule has 0 amide bonds. The van der Waals surface area contributed by atoms with E-state index in [4.69, 9.17) is 24.7 Å². The molecule has 0 aromatic carbocycles. The number of nitrogens with zero attached hydrogens (tertiary/aromatic N) is 2. The lowest BCUT2D eigenvalue weighted by atomic mass is 9.88. The van der Waals surface area contributed by atoms with E-state index in [0.29, 0.717) is 52.5 Å². The minimum Gasteiger partial charge on any atom is -0.380 e. The molecule has 0 aromatic rings. The third kappa shape index (κ3) is 4.16. The molecule has 0 spiro atoms. The molecule has 0 radical (unpaired) electrons. The van der Waals surface area contributed by atoms with Gasteiger partial charge in [0.2, 0.25) is 0 Å². The number of hydrogen-bond donors (Lipinski definition) is 0. The Morgan fingerprint density at radius 3 is 1.81 bits per heavy atom. The largest absolute Gasteiger partial charge is 0.380 e. The van der Waals surface area contributed by atoms with E-state index < -0.39 is 0 Å². The van der Waals surface area contributed by atoms with E-state index >= 15 is 0 Å². The van der Waals surface area contributed by atoms with Gasteiger partial charge in [-0.2, -0.15) is 10.5 Å². The maximum Gasteiger partial charge on any atom is 0.0645 e. The quantitative estimate of drug-likeness (QED) is 0.572. The van der Waals surface area contributed by atoms with Crippen molar-refractivity contribution in [3.8, 4) is 12.1 Å². The van der Waals surface area contributed by atoms with Gasteiger partial charge in [0.15, 0.2) is 0 Å². The van der Waals surface area contributed by atoms with E-state index in [1.807, 2.05) is 12.1 Å². The van der Waals surface area contributed by atoms with E-state index in [9.17, 15) is 0 Å². The van der Waals surface area contributed by atoms with Gasteiger partial charge in [-0.3, -0.25) is 0 Å². The minimum absolute atomic E-state index is 0.0646. The van der Waals surface area contributed by atoms with Crippen molar-refractivity contribution < 1.29 is 14.2 Å². The summed E-state index contributed by atoms with van der Waals surface area (Å²) in [5, 5.41) is 16.7. The SMILES string of the molecule is N#CCCOCC1(COCCC#N)COC1. The molecule has 1 fully saturated rings. The topological polar surface area (TPSA) is 75.3 Å². The van der Waals surface area contributed by atoms with Crippen LogP contribution in [0.15, 0.2) is 0 Å². The Morgan fingerprint density at radius 2 is 1.50 bits per heavy atom.